The third-order valence-electron chi connectivity index (χ3n) is 19.9. The molecule has 112 heavy (non-hydrogen) atoms. The summed E-state index contributed by atoms with van der Waals surface area (Å²) in [6.45, 7) is 12.4. The number of hydrogen-bond acceptors (Lipinski definition) is 26. The van der Waals surface area contributed by atoms with Crippen LogP contribution >= 0.6 is 0 Å². The van der Waals surface area contributed by atoms with Crippen molar-refractivity contribution in [2.75, 3.05) is 138 Å². The summed E-state index contributed by atoms with van der Waals surface area (Å²) in [5, 5.41) is 37.7. The van der Waals surface area contributed by atoms with Gasteiger partial charge in [-0.1, -0.05) is 20.8 Å². The van der Waals surface area contributed by atoms with Crippen LogP contribution in [0.25, 0.3) is 0 Å². The van der Waals surface area contributed by atoms with Gasteiger partial charge >= 0.3 is 41.8 Å². The molecule has 622 valence electrons. The maximum absolute atomic E-state index is 14.9. The molecule has 15 unspecified atom stereocenters. The average Bonchev–Trinajstić information content (AvgIpc) is 1.61. The van der Waals surface area contributed by atoms with Crippen LogP contribution in [0.2, 0.25) is 0 Å². The minimum absolute atomic E-state index is 0.00418. The number of aliphatic hydroxyl groups excluding tert-OH is 1. The van der Waals surface area contributed by atoms with E-state index in [9.17, 15) is 72.5 Å². The van der Waals surface area contributed by atoms with Crippen molar-refractivity contribution >= 4 is 94.2 Å². The van der Waals surface area contributed by atoms with Crippen LogP contribution in [0, 0.1) is 66.1 Å². The molecular formula is C80H119N8O24+. The monoisotopic (exact) mass is 1580 g/mol. The Morgan fingerprint density at radius 2 is 0.973 bits per heavy atom. The highest BCUT2D eigenvalue weighted by Crippen LogP contribution is 2.42. The van der Waals surface area contributed by atoms with Crippen molar-refractivity contribution in [3.05, 3.63) is 96.4 Å². The number of ether oxygens (including phenoxy) is 8. The minimum atomic E-state index is -1.75. The summed E-state index contributed by atoms with van der Waals surface area (Å²) in [6, 6.07) is 21.5. The normalized spacial score (nSPS) is 19.5. The number of ketones is 1. The van der Waals surface area contributed by atoms with Gasteiger partial charge in [0.25, 0.3) is 11.8 Å². The van der Waals surface area contributed by atoms with Gasteiger partial charge in [-0.2, -0.15) is 0 Å². The SMILES string of the molecule is CCO.CCOC(=O)C(C(CC1C(=O)N(CCCNC(=O)c2ccc(N(C)C)cc2)C(=O)C1C(CC(C(=O)O)C(C(=O)NCCCNC(=O)c1ccc(N(C)C)cc1)C(CC)OC)OC)OC)C(CC(OC)C1C(=O)OC(=O)C1C)C(=O)O.CN(C)c1ccc(C(=O)CCCCN)cc1.[CH2+]C1C(=O)OC(=O)C1C(CC)OC. The number of cyclic esters (lactones) is 4. The van der Waals surface area contributed by atoms with Gasteiger partial charge in [-0.25, -0.2) is 4.79 Å². The number of carboxylic acids is 2. The fourth-order valence-corrected chi connectivity index (χ4v) is 13.6. The lowest BCUT2D eigenvalue weighted by Crippen LogP contribution is -2.48. The van der Waals surface area contributed by atoms with Crippen LogP contribution < -0.4 is 36.4 Å². The van der Waals surface area contributed by atoms with Crippen LogP contribution in [0.4, 0.5) is 17.1 Å². The number of carbonyl (C=O) groups excluding carboxylic acids is 11. The maximum atomic E-state index is 14.9. The lowest BCUT2D eigenvalue weighted by molar-refractivity contribution is -0.168. The van der Waals surface area contributed by atoms with Crippen LogP contribution in [-0.4, -0.2) is 252 Å². The van der Waals surface area contributed by atoms with Crippen LogP contribution in [0.15, 0.2) is 72.8 Å². The Morgan fingerprint density at radius 1 is 0.536 bits per heavy atom. The summed E-state index contributed by atoms with van der Waals surface area (Å²) in [4.78, 5) is 177. The first kappa shape index (κ1) is 96.8. The molecule has 15 atom stereocenters. The molecule has 0 bridgehead atoms. The number of esters is 5. The Labute approximate surface area is 657 Å². The van der Waals surface area contributed by atoms with Crippen molar-refractivity contribution in [3.8, 4) is 0 Å². The van der Waals surface area contributed by atoms with Gasteiger partial charge in [0, 0.05) is 151 Å². The first-order chi connectivity index (χ1) is 53.2. The fraction of sp³-hybridized carbons (Fsp3) is 0.600. The molecule has 0 spiro atoms. The van der Waals surface area contributed by atoms with E-state index in [0.717, 1.165) is 47.5 Å². The van der Waals surface area contributed by atoms with E-state index in [0.29, 0.717) is 30.5 Å². The summed E-state index contributed by atoms with van der Waals surface area (Å²) < 4.78 is 42.9. The lowest BCUT2D eigenvalue weighted by atomic mass is 9.74. The van der Waals surface area contributed by atoms with Gasteiger partial charge in [-0.3, -0.25) is 62.4 Å². The molecule has 5 amide bonds. The summed E-state index contributed by atoms with van der Waals surface area (Å²) in [7, 11) is 17.8. The van der Waals surface area contributed by atoms with Gasteiger partial charge in [0.15, 0.2) is 5.78 Å². The van der Waals surface area contributed by atoms with Crippen LogP contribution in [0.1, 0.15) is 130 Å². The number of methoxy groups -OCH3 is 5. The van der Waals surface area contributed by atoms with Crippen molar-refractivity contribution in [3.63, 3.8) is 0 Å². The number of rotatable bonds is 43. The first-order valence-corrected chi connectivity index (χ1v) is 37.7. The zero-order chi connectivity index (χ0) is 84.2. The van der Waals surface area contributed by atoms with E-state index in [4.69, 9.17) is 44.0 Å². The van der Waals surface area contributed by atoms with E-state index in [1.54, 1.807) is 62.4 Å². The number of aliphatic carboxylic acids is 2. The average molecular weight is 1580 g/mol. The number of carbonyl (C=O) groups is 13. The molecule has 32 nitrogen and oxygen atoms in total. The quantitative estimate of drug-likeness (QED) is 0.00721. The number of anilines is 3. The zero-order valence-corrected chi connectivity index (χ0v) is 67.6. The summed E-state index contributed by atoms with van der Waals surface area (Å²) in [6.07, 6.45) is -3.57. The largest absolute Gasteiger partial charge is 0.481 e. The maximum Gasteiger partial charge on any atom is 0.362 e. The highest BCUT2D eigenvalue weighted by molar-refractivity contribution is 6.06. The third-order valence-corrected chi connectivity index (χ3v) is 19.9. The number of Topliss-reactive ketones (excluding diaryl/α,β-unsaturated/α-hetero) is 1. The van der Waals surface area contributed by atoms with Gasteiger partial charge in [0.2, 0.25) is 23.6 Å². The number of imide groups is 1. The molecule has 3 saturated heterocycles. The highest BCUT2D eigenvalue weighted by atomic mass is 16.6. The fourth-order valence-electron chi connectivity index (χ4n) is 13.6. The van der Waals surface area contributed by atoms with Crippen molar-refractivity contribution in [1.82, 2.24) is 20.9 Å². The second-order valence-corrected chi connectivity index (χ2v) is 27.8. The van der Waals surface area contributed by atoms with Crippen molar-refractivity contribution in [1.29, 1.82) is 0 Å². The molecule has 3 aromatic rings. The molecule has 0 saturated carbocycles. The van der Waals surface area contributed by atoms with E-state index >= 15 is 0 Å². The van der Waals surface area contributed by atoms with Crippen LogP contribution in [0.3, 0.4) is 0 Å². The van der Waals surface area contributed by atoms with Crippen molar-refractivity contribution in [2.24, 2.45) is 64.9 Å². The molecule has 32 heteroatoms. The predicted molar refractivity (Wildman–Crippen MR) is 414 cm³/mol. The second-order valence-electron chi connectivity index (χ2n) is 27.8. The summed E-state index contributed by atoms with van der Waals surface area (Å²) in [5.74, 6) is -22.8. The Bertz CT molecular complexity index is 3530. The number of unbranched alkanes of at least 4 members (excludes halogenated alkanes) is 1. The number of aliphatic hydroxyl groups is 1. The molecule has 6 rings (SSSR count). The Kier molecular flexibility index (Phi) is 42.5. The minimum Gasteiger partial charge on any atom is -0.481 e. The topological polar surface area (TPSA) is 432 Å². The second kappa shape index (κ2) is 49.1. The molecule has 0 radical (unpaired) electrons. The lowest BCUT2D eigenvalue weighted by Gasteiger charge is -2.35. The first-order valence-electron chi connectivity index (χ1n) is 37.7. The Balaban J connectivity index is 0.000000829. The van der Waals surface area contributed by atoms with Crippen molar-refractivity contribution in [2.45, 2.75) is 129 Å². The van der Waals surface area contributed by atoms with Crippen molar-refractivity contribution < 1.29 is 116 Å². The van der Waals surface area contributed by atoms with Gasteiger partial charge in [0.05, 0.1) is 91.4 Å². The van der Waals surface area contributed by atoms with E-state index in [1.807, 2.05) is 88.2 Å². The standard InChI is InChI=1S/C56H80N6O18.C13H20N2O.C9H13O4.C2H6O/c1-12-39(75-8)44(49(65)59-25-14-24-57-47(63)32-16-20-34(21-17-32)60(4)5)37(52(68)69)29-41(77-10)45-36(50(66)62(51(45)67)27-15-26-58-48(64)33-18-22-35(23-19-33)61(6)7)28-42(78-11)46(55(73)79-13-2)38(53(70)71)30-40(76-9)43-31(3)54(72)80-56(43)74;1-15(2)12-8-6-11(7-9-12)13(16)5-3-4-10-14;1-4-6(12-3)7-5(2)8(10)13-9(7)11;1-2-3/h16-23,31,36-46H,12-15,24-30H2,1-11H3,(H,57,63)(H,58,64)(H,59,65)(H,68,69)(H,70,71);6-9H,3-5,10,14H2,1-2H3;5-7H,2,4H2,1,3H3;3H,2H2,1H3/q;;+1;. The van der Waals surface area contributed by atoms with E-state index in [1.165, 1.54) is 42.3 Å². The number of nitrogens with two attached hydrogens (primary N) is 1. The summed E-state index contributed by atoms with van der Waals surface area (Å²) >= 11 is 0. The third kappa shape index (κ3) is 27.7. The number of benzene rings is 3. The van der Waals surface area contributed by atoms with Gasteiger partial charge in [-0.05, 0) is 151 Å². The van der Waals surface area contributed by atoms with Crippen LogP contribution in [-0.2, 0) is 85.8 Å². The molecule has 8 N–H and O–H groups in total. The number of hydrogen-bond donors (Lipinski definition) is 7. The smallest absolute Gasteiger partial charge is 0.362 e. The highest BCUT2D eigenvalue weighted by Gasteiger charge is 2.57. The molecule has 0 aliphatic carbocycles. The van der Waals surface area contributed by atoms with Crippen LogP contribution in [0.5, 0.6) is 0 Å². The molecule has 3 aliphatic heterocycles. The van der Waals surface area contributed by atoms with E-state index < -0.39 is 168 Å². The number of carboxylic acid groups (broad SMARTS) is 2. The van der Waals surface area contributed by atoms with Gasteiger partial charge in [-0.15, -0.1) is 0 Å². The molecule has 3 aliphatic rings. The predicted octanol–water partition coefficient (Wildman–Crippen LogP) is 5.27. The van der Waals surface area contributed by atoms with Gasteiger partial charge in [0.1, 0.15) is 5.92 Å². The molecule has 0 aromatic heterocycles. The summed E-state index contributed by atoms with van der Waals surface area (Å²) in [5.41, 5.74) is 9.86. The molecular weight excluding hydrogens is 1460 g/mol. The molecule has 3 aromatic carbocycles. The zero-order valence-electron chi connectivity index (χ0n) is 67.6. The Morgan fingerprint density at radius 3 is 1.37 bits per heavy atom. The number of nitrogens with zero attached hydrogens (tertiary/aromatic N) is 4. The molecule has 3 heterocycles. The molecule has 3 fully saturated rings. The van der Waals surface area contributed by atoms with Gasteiger partial charge < -0.3 is 89.6 Å². The van der Waals surface area contributed by atoms with E-state index in [-0.39, 0.29) is 76.4 Å². The number of likely N-dealkylation sites (tertiary alicyclic amines) is 1. The number of amides is 5. The Hall–Kier alpha value is -9.44. The number of nitrogens with one attached hydrogen (secondary N) is 3. The van der Waals surface area contributed by atoms with E-state index in [2.05, 4.69) is 27.6 Å².